The van der Waals surface area contributed by atoms with E-state index in [2.05, 4.69) is 24.3 Å². The lowest BCUT2D eigenvalue weighted by Gasteiger charge is -2.10. The summed E-state index contributed by atoms with van der Waals surface area (Å²) in [7, 11) is 3.14. The molecule has 0 aliphatic carbocycles. The summed E-state index contributed by atoms with van der Waals surface area (Å²) in [6.07, 6.45) is 2.59. The molecule has 0 aliphatic rings. The van der Waals surface area contributed by atoms with Gasteiger partial charge in [-0.3, -0.25) is 4.79 Å². The molecular weight excluding hydrogens is 344 g/mol. The zero-order chi connectivity index (χ0) is 19.6. The minimum Gasteiger partial charge on any atom is -0.493 e. The van der Waals surface area contributed by atoms with Gasteiger partial charge in [-0.1, -0.05) is 31.1 Å². The first-order chi connectivity index (χ1) is 13.1. The van der Waals surface area contributed by atoms with Gasteiger partial charge in [0.15, 0.2) is 18.1 Å². The van der Waals surface area contributed by atoms with Crippen molar-refractivity contribution in [2.24, 2.45) is 5.16 Å². The van der Waals surface area contributed by atoms with E-state index in [0.29, 0.717) is 17.4 Å². The number of nitrogens with one attached hydrogen (secondary N) is 1. The van der Waals surface area contributed by atoms with Gasteiger partial charge >= 0.3 is 0 Å². The number of oxime groups is 1. The topological polar surface area (TPSA) is 69.2 Å². The van der Waals surface area contributed by atoms with Crippen molar-refractivity contribution in [3.8, 4) is 11.5 Å². The Labute approximate surface area is 160 Å². The molecule has 0 saturated carbocycles. The first kappa shape index (κ1) is 20.3. The van der Waals surface area contributed by atoms with E-state index in [1.165, 1.54) is 11.8 Å². The number of benzene rings is 2. The Hall–Kier alpha value is -3.02. The van der Waals surface area contributed by atoms with Gasteiger partial charge in [0.25, 0.3) is 5.91 Å². The van der Waals surface area contributed by atoms with Gasteiger partial charge in [-0.15, -0.1) is 0 Å². The van der Waals surface area contributed by atoms with Gasteiger partial charge in [0, 0.05) is 11.3 Å². The van der Waals surface area contributed by atoms with E-state index < -0.39 is 0 Å². The predicted molar refractivity (Wildman–Crippen MR) is 107 cm³/mol. The van der Waals surface area contributed by atoms with Gasteiger partial charge in [0.2, 0.25) is 0 Å². The summed E-state index contributed by atoms with van der Waals surface area (Å²) in [5.74, 6) is 1.47. The number of nitrogens with zero attached hydrogens (tertiary/aromatic N) is 1. The van der Waals surface area contributed by atoms with Crippen molar-refractivity contribution in [1.29, 1.82) is 0 Å². The number of hydrogen-bond acceptors (Lipinski definition) is 5. The number of carbonyl (C=O) groups excluding carboxylic acids is 1. The zero-order valence-corrected chi connectivity index (χ0v) is 16.2. The second kappa shape index (κ2) is 10.2. The summed E-state index contributed by atoms with van der Waals surface area (Å²) < 4.78 is 10.4. The predicted octanol–water partition coefficient (Wildman–Crippen LogP) is 4.21. The number of ether oxygens (including phenoxy) is 2. The van der Waals surface area contributed by atoms with Crippen molar-refractivity contribution >= 4 is 17.8 Å². The quantitative estimate of drug-likeness (QED) is 0.530. The molecule has 6 heteroatoms. The Bertz CT molecular complexity index is 772. The Morgan fingerprint density at radius 3 is 2.44 bits per heavy atom. The first-order valence-corrected chi connectivity index (χ1v) is 8.84. The van der Waals surface area contributed by atoms with E-state index >= 15 is 0 Å². The van der Waals surface area contributed by atoms with Crippen molar-refractivity contribution in [2.75, 3.05) is 26.1 Å². The van der Waals surface area contributed by atoms with E-state index in [0.717, 1.165) is 17.7 Å². The van der Waals surface area contributed by atoms with Crippen LogP contribution in [-0.4, -0.2) is 32.9 Å². The lowest BCUT2D eigenvalue weighted by atomic mass is 9.99. The summed E-state index contributed by atoms with van der Waals surface area (Å²) in [5.41, 5.74) is 2.76. The molecule has 0 unspecified atom stereocenters. The molecule has 0 fully saturated rings. The fraction of sp³-hybridized carbons (Fsp3) is 0.333. The molecule has 2 rings (SSSR count). The summed E-state index contributed by atoms with van der Waals surface area (Å²) in [6, 6.07) is 13.2. The summed E-state index contributed by atoms with van der Waals surface area (Å²) >= 11 is 0. The highest BCUT2D eigenvalue weighted by Crippen LogP contribution is 2.26. The van der Waals surface area contributed by atoms with Crippen LogP contribution in [0.5, 0.6) is 11.5 Å². The molecule has 0 heterocycles. The summed E-state index contributed by atoms with van der Waals surface area (Å²) in [4.78, 5) is 17.0. The fourth-order valence-electron chi connectivity index (χ4n) is 2.45. The van der Waals surface area contributed by atoms with E-state index in [1.807, 2.05) is 30.3 Å². The summed E-state index contributed by atoms with van der Waals surface area (Å²) in [6.45, 7) is 4.16. The number of anilines is 1. The average molecular weight is 370 g/mol. The van der Waals surface area contributed by atoms with Crippen LogP contribution < -0.4 is 14.8 Å². The maximum Gasteiger partial charge on any atom is 0.265 e. The molecular formula is C21H26N2O4. The number of hydrogen-bond donors (Lipinski definition) is 1. The lowest BCUT2D eigenvalue weighted by molar-refractivity contribution is -0.120. The third-order valence-electron chi connectivity index (χ3n) is 4.26. The smallest absolute Gasteiger partial charge is 0.265 e. The highest BCUT2D eigenvalue weighted by Gasteiger charge is 2.06. The first-order valence-electron chi connectivity index (χ1n) is 8.84. The minimum atomic E-state index is -0.268. The van der Waals surface area contributed by atoms with Crippen LogP contribution in [0, 0.1) is 0 Å². The number of methoxy groups -OCH3 is 2. The highest BCUT2D eigenvalue weighted by atomic mass is 16.6. The third kappa shape index (κ3) is 6.02. The maximum absolute atomic E-state index is 11.9. The SMILES string of the molecule is CC[C@H](C)c1ccc(NC(=O)CO/N=C\c2ccc(OC)c(OC)c2)cc1. The van der Waals surface area contributed by atoms with Gasteiger partial charge in [-0.05, 0) is 48.2 Å². The van der Waals surface area contributed by atoms with Crippen LogP contribution in [0.1, 0.15) is 37.3 Å². The standard InChI is InChI=1S/C21H26N2O4/c1-5-15(2)17-7-9-18(10-8-17)23-21(24)14-27-22-13-16-6-11-19(25-3)20(12-16)26-4/h6-13,15H,5,14H2,1-4H3,(H,23,24)/b22-13-/t15-/m0/s1. The van der Waals surface area contributed by atoms with Crippen LogP contribution in [0.2, 0.25) is 0 Å². The molecule has 1 N–H and O–H groups in total. The normalized spacial score (nSPS) is 11.9. The second-order valence-electron chi connectivity index (χ2n) is 6.10. The van der Waals surface area contributed by atoms with E-state index in [9.17, 15) is 4.79 Å². The molecule has 2 aromatic carbocycles. The van der Waals surface area contributed by atoms with Crippen molar-refractivity contribution in [2.45, 2.75) is 26.2 Å². The van der Waals surface area contributed by atoms with Crippen LogP contribution in [0.3, 0.4) is 0 Å². The Morgan fingerprint density at radius 1 is 1.11 bits per heavy atom. The van der Waals surface area contributed by atoms with E-state index in [1.54, 1.807) is 26.4 Å². The molecule has 0 aliphatic heterocycles. The minimum absolute atomic E-state index is 0.170. The van der Waals surface area contributed by atoms with E-state index in [4.69, 9.17) is 14.3 Å². The Balaban J connectivity index is 1.82. The van der Waals surface area contributed by atoms with Crippen LogP contribution in [0.15, 0.2) is 47.6 Å². The van der Waals surface area contributed by atoms with Gasteiger partial charge in [-0.2, -0.15) is 0 Å². The molecule has 144 valence electrons. The maximum atomic E-state index is 11.9. The van der Waals surface area contributed by atoms with Gasteiger partial charge < -0.3 is 19.6 Å². The molecule has 0 aromatic heterocycles. The number of rotatable bonds is 9. The zero-order valence-electron chi connectivity index (χ0n) is 16.2. The molecule has 6 nitrogen and oxygen atoms in total. The van der Waals surface area contributed by atoms with E-state index in [-0.39, 0.29) is 12.5 Å². The van der Waals surface area contributed by atoms with Crippen LogP contribution >= 0.6 is 0 Å². The molecule has 0 bridgehead atoms. The lowest BCUT2D eigenvalue weighted by Crippen LogP contribution is -2.17. The fourth-order valence-corrected chi connectivity index (χ4v) is 2.45. The van der Waals surface area contributed by atoms with Crippen molar-refractivity contribution in [3.05, 3.63) is 53.6 Å². The third-order valence-corrected chi connectivity index (χ3v) is 4.26. The van der Waals surface area contributed by atoms with Crippen molar-refractivity contribution < 1.29 is 19.1 Å². The monoisotopic (exact) mass is 370 g/mol. The van der Waals surface area contributed by atoms with Crippen molar-refractivity contribution in [3.63, 3.8) is 0 Å². The number of amides is 1. The second-order valence-corrected chi connectivity index (χ2v) is 6.10. The molecule has 0 radical (unpaired) electrons. The Morgan fingerprint density at radius 2 is 1.81 bits per heavy atom. The largest absolute Gasteiger partial charge is 0.493 e. The molecule has 0 saturated heterocycles. The van der Waals surface area contributed by atoms with Gasteiger partial charge in [-0.25, -0.2) is 0 Å². The molecule has 27 heavy (non-hydrogen) atoms. The van der Waals surface area contributed by atoms with Crippen LogP contribution in [0.4, 0.5) is 5.69 Å². The average Bonchev–Trinajstić information content (AvgIpc) is 2.71. The van der Waals surface area contributed by atoms with Crippen LogP contribution in [-0.2, 0) is 9.63 Å². The Kier molecular flexibility index (Phi) is 7.67. The van der Waals surface area contributed by atoms with Crippen molar-refractivity contribution in [1.82, 2.24) is 0 Å². The molecule has 1 atom stereocenters. The van der Waals surface area contributed by atoms with Crippen LogP contribution in [0.25, 0.3) is 0 Å². The molecule has 2 aromatic rings. The summed E-state index contributed by atoms with van der Waals surface area (Å²) in [5, 5.41) is 6.60. The van der Waals surface area contributed by atoms with Gasteiger partial charge in [0.05, 0.1) is 20.4 Å². The highest BCUT2D eigenvalue weighted by molar-refractivity contribution is 5.91. The van der Waals surface area contributed by atoms with Gasteiger partial charge in [0.1, 0.15) is 0 Å². The number of carbonyl (C=O) groups is 1. The molecule has 0 spiro atoms. The molecule has 1 amide bonds.